The quantitative estimate of drug-likeness (QED) is 0.520. The van der Waals surface area contributed by atoms with Crippen LogP contribution < -0.4 is 5.73 Å². The van der Waals surface area contributed by atoms with Gasteiger partial charge in [-0.25, -0.2) is 0 Å². The number of aliphatic hydroxyl groups excluding tert-OH is 1. The van der Waals surface area contributed by atoms with E-state index < -0.39 is 0 Å². The summed E-state index contributed by atoms with van der Waals surface area (Å²) in [5, 5.41) is 8.71. The normalized spacial score (nSPS) is 22.6. The molecule has 1 fully saturated rings. The maximum absolute atomic E-state index is 8.71. The summed E-state index contributed by atoms with van der Waals surface area (Å²) in [4.78, 5) is 0. The van der Waals surface area contributed by atoms with Gasteiger partial charge in [-0.3, -0.25) is 0 Å². The Labute approximate surface area is 49.0 Å². The molecule has 0 unspecified atom stereocenters. The van der Waals surface area contributed by atoms with E-state index in [4.69, 9.17) is 10.8 Å². The van der Waals surface area contributed by atoms with Gasteiger partial charge < -0.3 is 10.8 Å². The van der Waals surface area contributed by atoms with Crippen LogP contribution >= 0.6 is 0 Å². The second-order valence-corrected chi connectivity index (χ2v) is 2.35. The van der Waals surface area contributed by atoms with E-state index in [-0.39, 0.29) is 11.8 Å². The zero-order chi connectivity index (χ0) is 6.15. The fraction of sp³-hybridized carbons (Fsp3) is 0.667. The van der Waals surface area contributed by atoms with Crippen LogP contribution in [0.2, 0.25) is 0 Å². The Morgan fingerprint density at radius 3 is 2.38 bits per heavy atom. The highest BCUT2D eigenvalue weighted by molar-refractivity contribution is 5.01. The highest BCUT2D eigenvalue weighted by Gasteiger charge is 2.29. The lowest BCUT2D eigenvalue weighted by Gasteiger charge is -2.05. The lowest BCUT2D eigenvalue weighted by Crippen LogP contribution is -2.23. The predicted octanol–water partition coefficient (Wildman–Crippen LogP) is 0.795. The maximum Gasteiger partial charge on any atom is 0.102 e. The molecule has 1 saturated carbocycles. The summed E-state index contributed by atoms with van der Waals surface area (Å²) in [6.07, 6.45) is 2.31. The van der Waals surface area contributed by atoms with Crippen molar-refractivity contribution in [2.45, 2.75) is 18.9 Å². The molecule has 0 aromatic heterocycles. The Morgan fingerprint density at radius 1 is 1.75 bits per heavy atom. The number of rotatable bonds is 2. The number of hydrogen-bond donors (Lipinski definition) is 2. The van der Waals surface area contributed by atoms with E-state index in [1.807, 2.05) is 0 Å². The first-order chi connectivity index (χ1) is 3.72. The fourth-order valence-electron chi connectivity index (χ4n) is 0.727. The van der Waals surface area contributed by atoms with Crippen LogP contribution in [-0.2, 0) is 0 Å². The van der Waals surface area contributed by atoms with Crippen molar-refractivity contribution in [1.82, 2.24) is 0 Å². The third-order valence-electron chi connectivity index (χ3n) is 1.51. The molecule has 0 heterocycles. The van der Waals surface area contributed by atoms with E-state index in [1.165, 1.54) is 0 Å². The van der Waals surface area contributed by atoms with Crippen molar-refractivity contribution in [1.29, 1.82) is 0 Å². The van der Waals surface area contributed by atoms with Gasteiger partial charge >= 0.3 is 0 Å². The molecule has 0 radical (unpaired) electrons. The first kappa shape index (κ1) is 5.63. The van der Waals surface area contributed by atoms with E-state index in [0.29, 0.717) is 5.92 Å². The van der Waals surface area contributed by atoms with Gasteiger partial charge in [0, 0.05) is 0 Å². The van der Waals surface area contributed by atoms with E-state index >= 15 is 0 Å². The Hall–Kier alpha value is -0.500. The molecule has 2 nitrogen and oxygen atoms in total. The van der Waals surface area contributed by atoms with Crippen LogP contribution in [0.1, 0.15) is 12.8 Å². The van der Waals surface area contributed by atoms with Crippen LogP contribution in [0.5, 0.6) is 0 Å². The zero-order valence-corrected chi connectivity index (χ0v) is 4.80. The largest absolute Gasteiger partial charge is 0.511 e. The highest BCUT2D eigenvalue weighted by Crippen LogP contribution is 2.33. The third kappa shape index (κ3) is 1.01. The van der Waals surface area contributed by atoms with Gasteiger partial charge in [0.05, 0.1) is 6.04 Å². The molecular formula is C6H11NO. The summed E-state index contributed by atoms with van der Waals surface area (Å²) in [6, 6.07) is -0.157. The molecule has 0 aliphatic heterocycles. The minimum absolute atomic E-state index is 0.132. The standard InChI is InChI=1S/C6H11NO/c1-4(8)6(7)5-2-3-5/h5-6,8H,1-3,7H2/t6-/m0/s1. The molecule has 1 atom stereocenters. The summed E-state index contributed by atoms with van der Waals surface area (Å²) in [7, 11) is 0. The molecule has 8 heavy (non-hydrogen) atoms. The van der Waals surface area contributed by atoms with Gasteiger partial charge in [-0.05, 0) is 18.8 Å². The van der Waals surface area contributed by atoms with Gasteiger partial charge in [0.15, 0.2) is 0 Å². The van der Waals surface area contributed by atoms with E-state index in [9.17, 15) is 0 Å². The van der Waals surface area contributed by atoms with Crippen molar-refractivity contribution in [2.24, 2.45) is 11.7 Å². The SMILES string of the molecule is C=C(O)[C@H](N)C1CC1. The summed E-state index contributed by atoms with van der Waals surface area (Å²) in [5.74, 6) is 0.653. The van der Waals surface area contributed by atoms with Crippen LogP contribution in [0.3, 0.4) is 0 Å². The van der Waals surface area contributed by atoms with Crippen LogP contribution in [0.25, 0.3) is 0 Å². The zero-order valence-electron chi connectivity index (χ0n) is 4.80. The molecule has 1 rings (SSSR count). The average Bonchev–Trinajstić information content (AvgIpc) is 2.43. The minimum Gasteiger partial charge on any atom is -0.511 e. The van der Waals surface area contributed by atoms with Crippen molar-refractivity contribution >= 4 is 0 Å². The van der Waals surface area contributed by atoms with Crippen LogP contribution in [0.15, 0.2) is 12.3 Å². The van der Waals surface area contributed by atoms with Crippen molar-refractivity contribution < 1.29 is 5.11 Å². The van der Waals surface area contributed by atoms with Crippen molar-refractivity contribution in [3.05, 3.63) is 12.3 Å². The third-order valence-corrected chi connectivity index (χ3v) is 1.51. The molecule has 1 aliphatic rings. The summed E-state index contributed by atoms with van der Waals surface area (Å²) >= 11 is 0. The van der Waals surface area contributed by atoms with Gasteiger partial charge in [0.1, 0.15) is 5.76 Å². The number of nitrogens with two attached hydrogens (primary N) is 1. The van der Waals surface area contributed by atoms with Crippen molar-refractivity contribution in [3.8, 4) is 0 Å². The van der Waals surface area contributed by atoms with Crippen molar-refractivity contribution in [3.63, 3.8) is 0 Å². The molecule has 0 aromatic rings. The molecule has 0 saturated heterocycles. The van der Waals surface area contributed by atoms with Gasteiger partial charge in [0.2, 0.25) is 0 Å². The molecule has 2 heteroatoms. The first-order valence-corrected chi connectivity index (χ1v) is 2.85. The van der Waals surface area contributed by atoms with Crippen LogP contribution in [0, 0.1) is 5.92 Å². The van der Waals surface area contributed by atoms with Gasteiger partial charge in [-0.1, -0.05) is 6.58 Å². The number of aliphatic hydroxyl groups is 1. The Kier molecular flexibility index (Phi) is 1.26. The second kappa shape index (κ2) is 1.78. The van der Waals surface area contributed by atoms with E-state index in [1.54, 1.807) is 0 Å². The summed E-state index contributed by atoms with van der Waals surface area (Å²) in [6.45, 7) is 3.35. The summed E-state index contributed by atoms with van der Waals surface area (Å²) < 4.78 is 0. The molecular weight excluding hydrogens is 102 g/mol. The minimum atomic E-state index is -0.157. The monoisotopic (exact) mass is 113 g/mol. The predicted molar refractivity (Wildman–Crippen MR) is 32.5 cm³/mol. The molecule has 1 aliphatic carbocycles. The summed E-state index contributed by atoms with van der Waals surface area (Å²) in [5.41, 5.74) is 5.47. The molecule has 3 N–H and O–H groups in total. The van der Waals surface area contributed by atoms with Gasteiger partial charge in [-0.15, -0.1) is 0 Å². The van der Waals surface area contributed by atoms with Crippen LogP contribution in [0.4, 0.5) is 0 Å². The topological polar surface area (TPSA) is 46.2 Å². The Bertz CT molecular complexity index is 107. The molecule has 0 bridgehead atoms. The Balaban J connectivity index is 2.32. The van der Waals surface area contributed by atoms with E-state index in [0.717, 1.165) is 12.8 Å². The fourth-order valence-corrected chi connectivity index (χ4v) is 0.727. The lowest BCUT2D eigenvalue weighted by molar-refractivity contribution is 0.356. The van der Waals surface area contributed by atoms with E-state index in [2.05, 4.69) is 6.58 Å². The average molecular weight is 113 g/mol. The number of hydrogen-bond acceptors (Lipinski definition) is 2. The van der Waals surface area contributed by atoms with Gasteiger partial charge in [0.25, 0.3) is 0 Å². The van der Waals surface area contributed by atoms with Crippen LogP contribution in [-0.4, -0.2) is 11.1 Å². The molecule has 0 spiro atoms. The molecule has 0 aromatic carbocycles. The maximum atomic E-state index is 8.71. The van der Waals surface area contributed by atoms with Gasteiger partial charge in [-0.2, -0.15) is 0 Å². The molecule has 0 amide bonds. The molecule has 46 valence electrons. The van der Waals surface area contributed by atoms with Crippen molar-refractivity contribution in [2.75, 3.05) is 0 Å². The smallest absolute Gasteiger partial charge is 0.102 e. The Morgan fingerprint density at radius 2 is 2.25 bits per heavy atom. The second-order valence-electron chi connectivity index (χ2n) is 2.35. The highest BCUT2D eigenvalue weighted by atomic mass is 16.3. The lowest BCUT2D eigenvalue weighted by atomic mass is 10.2. The first-order valence-electron chi connectivity index (χ1n) is 2.85.